The van der Waals surface area contributed by atoms with Crippen LogP contribution < -0.4 is 0 Å². The standard InChI is InChI=1S/C13H14ClF2NO/c14-13(15,16)7-11-6-12(18)17(9-11)8-10-4-2-1-3-5-10/h1-5,11H,6-9H2. The quantitative estimate of drug-likeness (QED) is 0.771. The Morgan fingerprint density at radius 2 is 2.00 bits per heavy atom. The van der Waals surface area contributed by atoms with E-state index < -0.39 is 11.8 Å². The number of carbonyl (C=O) groups excluding carboxylic acids is 1. The van der Waals surface area contributed by atoms with E-state index in [0.717, 1.165) is 5.56 Å². The number of alkyl halides is 3. The Kier molecular flexibility index (Phi) is 3.85. The zero-order chi connectivity index (χ0) is 13.2. The molecular weight excluding hydrogens is 260 g/mol. The Hall–Kier alpha value is -1.16. The molecule has 1 atom stereocenters. The zero-order valence-electron chi connectivity index (χ0n) is 9.78. The van der Waals surface area contributed by atoms with Gasteiger partial charge in [-0.25, -0.2) is 0 Å². The second-order valence-corrected chi connectivity index (χ2v) is 5.20. The lowest BCUT2D eigenvalue weighted by Gasteiger charge is -2.17. The molecule has 2 rings (SSSR count). The molecule has 0 N–H and O–H groups in total. The maximum atomic E-state index is 12.7. The Balaban J connectivity index is 1.94. The average Bonchev–Trinajstić information content (AvgIpc) is 2.58. The van der Waals surface area contributed by atoms with Crippen molar-refractivity contribution in [3.05, 3.63) is 35.9 Å². The molecule has 1 unspecified atom stereocenters. The fourth-order valence-corrected chi connectivity index (χ4v) is 2.49. The summed E-state index contributed by atoms with van der Waals surface area (Å²) >= 11 is 4.91. The van der Waals surface area contributed by atoms with Gasteiger partial charge in [-0.3, -0.25) is 4.79 Å². The first kappa shape index (κ1) is 13.3. The van der Waals surface area contributed by atoms with Gasteiger partial charge in [-0.15, -0.1) is 0 Å². The highest BCUT2D eigenvalue weighted by Gasteiger charge is 2.36. The SMILES string of the molecule is O=C1CC(CC(F)(F)Cl)CN1Cc1ccccc1. The van der Waals surface area contributed by atoms with E-state index in [-0.39, 0.29) is 18.2 Å². The first-order valence-corrected chi connectivity index (χ1v) is 6.20. The van der Waals surface area contributed by atoms with Crippen LogP contribution in [0.3, 0.4) is 0 Å². The number of amides is 1. The monoisotopic (exact) mass is 273 g/mol. The third-order valence-corrected chi connectivity index (χ3v) is 3.19. The van der Waals surface area contributed by atoms with Gasteiger partial charge in [0.1, 0.15) is 0 Å². The minimum atomic E-state index is -3.21. The lowest BCUT2D eigenvalue weighted by Crippen LogP contribution is -2.25. The van der Waals surface area contributed by atoms with Gasteiger partial charge in [-0.2, -0.15) is 8.78 Å². The third-order valence-electron chi connectivity index (χ3n) is 3.03. The third kappa shape index (κ3) is 3.67. The van der Waals surface area contributed by atoms with Crippen molar-refractivity contribution in [2.75, 3.05) is 6.54 Å². The van der Waals surface area contributed by atoms with Crippen LogP contribution in [0.2, 0.25) is 0 Å². The lowest BCUT2D eigenvalue weighted by molar-refractivity contribution is -0.128. The van der Waals surface area contributed by atoms with Gasteiger partial charge in [0.05, 0.1) is 0 Å². The number of rotatable bonds is 4. The van der Waals surface area contributed by atoms with Crippen LogP contribution in [-0.4, -0.2) is 22.7 Å². The molecular formula is C13H14ClF2NO. The van der Waals surface area contributed by atoms with E-state index in [9.17, 15) is 13.6 Å². The van der Waals surface area contributed by atoms with Crippen molar-refractivity contribution in [3.63, 3.8) is 0 Å². The molecule has 0 bridgehead atoms. The Morgan fingerprint density at radius 1 is 1.33 bits per heavy atom. The van der Waals surface area contributed by atoms with E-state index in [0.29, 0.717) is 13.1 Å². The van der Waals surface area contributed by atoms with Crippen LogP contribution in [-0.2, 0) is 11.3 Å². The van der Waals surface area contributed by atoms with Gasteiger partial charge in [-0.05, 0) is 23.1 Å². The van der Waals surface area contributed by atoms with Crippen LogP contribution >= 0.6 is 11.6 Å². The van der Waals surface area contributed by atoms with Crippen molar-refractivity contribution in [2.45, 2.75) is 24.8 Å². The number of likely N-dealkylation sites (tertiary alicyclic amines) is 1. The fraction of sp³-hybridized carbons (Fsp3) is 0.462. The highest BCUT2D eigenvalue weighted by atomic mass is 35.5. The van der Waals surface area contributed by atoms with Crippen molar-refractivity contribution in [1.82, 2.24) is 4.90 Å². The predicted octanol–water partition coefficient (Wildman–Crippen LogP) is 3.26. The van der Waals surface area contributed by atoms with Gasteiger partial charge in [-0.1, -0.05) is 30.3 Å². The molecule has 18 heavy (non-hydrogen) atoms. The topological polar surface area (TPSA) is 20.3 Å². The molecule has 1 saturated heterocycles. The van der Waals surface area contributed by atoms with E-state index in [1.54, 1.807) is 4.90 Å². The molecule has 1 amide bonds. The molecule has 0 aromatic heterocycles. The fourth-order valence-electron chi connectivity index (χ4n) is 2.27. The van der Waals surface area contributed by atoms with Crippen LogP contribution in [0.5, 0.6) is 0 Å². The number of carbonyl (C=O) groups is 1. The van der Waals surface area contributed by atoms with Crippen LogP contribution in [0, 0.1) is 5.92 Å². The molecule has 1 fully saturated rings. The summed E-state index contributed by atoms with van der Waals surface area (Å²) in [5.41, 5.74) is 1.00. The number of hydrogen-bond donors (Lipinski definition) is 0. The largest absolute Gasteiger partial charge is 0.338 e. The Bertz CT molecular complexity index is 419. The summed E-state index contributed by atoms with van der Waals surface area (Å²) in [5.74, 6) is -0.432. The number of nitrogens with zero attached hydrogens (tertiary/aromatic N) is 1. The van der Waals surface area contributed by atoms with Crippen LogP contribution in [0.1, 0.15) is 18.4 Å². The first-order chi connectivity index (χ1) is 8.44. The summed E-state index contributed by atoms with van der Waals surface area (Å²) in [6.45, 7) is 0.833. The van der Waals surface area contributed by atoms with Crippen LogP contribution in [0.4, 0.5) is 8.78 Å². The second kappa shape index (κ2) is 5.22. The molecule has 1 aromatic carbocycles. The van der Waals surface area contributed by atoms with Gasteiger partial charge in [0.2, 0.25) is 5.91 Å². The smallest absolute Gasteiger partial charge is 0.322 e. The Morgan fingerprint density at radius 3 is 2.61 bits per heavy atom. The number of benzene rings is 1. The molecule has 0 spiro atoms. The molecule has 0 aliphatic carbocycles. The normalized spacial score (nSPS) is 20.5. The summed E-state index contributed by atoms with van der Waals surface area (Å²) in [5, 5.41) is -3.21. The molecule has 98 valence electrons. The van der Waals surface area contributed by atoms with E-state index in [1.165, 1.54) is 0 Å². The molecule has 0 saturated carbocycles. The lowest BCUT2D eigenvalue weighted by atomic mass is 10.1. The van der Waals surface area contributed by atoms with Crippen molar-refractivity contribution < 1.29 is 13.6 Å². The average molecular weight is 274 g/mol. The molecule has 2 nitrogen and oxygen atoms in total. The highest BCUT2D eigenvalue weighted by molar-refractivity contribution is 6.21. The van der Waals surface area contributed by atoms with E-state index >= 15 is 0 Å². The van der Waals surface area contributed by atoms with E-state index in [2.05, 4.69) is 0 Å². The first-order valence-electron chi connectivity index (χ1n) is 5.82. The summed E-state index contributed by atoms with van der Waals surface area (Å²) in [6, 6.07) is 9.50. The van der Waals surface area contributed by atoms with Crippen LogP contribution in [0.25, 0.3) is 0 Å². The molecule has 1 aliphatic heterocycles. The molecule has 0 radical (unpaired) electrons. The summed E-state index contributed by atoms with van der Waals surface area (Å²) in [6.07, 6.45) is -0.277. The molecule has 1 aliphatic rings. The maximum absolute atomic E-state index is 12.7. The van der Waals surface area contributed by atoms with Crippen molar-refractivity contribution in [2.24, 2.45) is 5.92 Å². The van der Waals surface area contributed by atoms with Gasteiger partial charge in [0.15, 0.2) is 0 Å². The maximum Gasteiger partial charge on any atom is 0.322 e. The molecule has 5 heteroatoms. The van der Waals surface area contributed by atoms with Crippen molar-refractivity contribution in [3.8, 4) is 0 Å². The van der Waals surface area contributed by atoms with Crippen molar-refractivity contribution >= 4 is 17.5 Å². The Labute approximate surface area is 110 Å². The van der Waals surface area contributed by atoms with Gasteiger partial charge < -0.3 is 4.90 Å². The number of halogens is 3. The second-order valence-electron chi connectivity index (χ2n) is 4.65. The molecule has 1 aromatic rings. The minimum absolute atomic E-state index is 0.0789. The van der Waals surface area contributed by atoms with E-state index in [4.69, 9.17) is 11.6 Å². The predicted molar refractivity (Wildman–Crippen MR) is 65.4 cm³/mol. The van der Waals surface area contributed by atoms with Gasteiger partial charge >= 0.3 is 5.38 Å². The summed E-state index contributed by atoms with van der Waals surface area (Å²) in [7, 11) is 0. The highest BCUT2D eigenvalue weighted by Crippen LogP contribution is 2.33. The summed E-state index contributed by atoms with van der Waals surface area (Å²) < 4.78 is 25.4. The summed E-state index contributed by atoms with van der Waals surface area (Å²) in [4.78, 5) is 13.3. The number of hydrogen-bond acceptors (Lipinski definition) is 1. The van der Waals surface area contributed by atoms with Gasteiger partial charge in [0.25, 0.3) is 0 Å². The van der Waals surface area contributed by atoms with Crippen LogP contribution in [0.15, 0.2) is 30.3 Å². The molecule has 1 heterocycles. The van der Waals surface area contributed by atoms with Gasteiger partial charge in [0, 0.05) is 25.9 Å². The minimum Gasteiger partial charge on any atom is -0.338 e. The zero-order valence-corrected chi connectivity index (χ0v) is 10.5. The van der Waals surface area contributed by atoms with Crippen molar-refractivity contribution in [1.29, 1.82) is 0 Å². The van der Waals surface area contributed by atoms with E-state index in [1.807, 2.05) is 30.3 Å².